The summed E-state index contributed by atoms with van der Waals surface area (Å²) < 4.78 is 0. The van der Waals surface area contributed by atoms with Crippen LogP contribution in [0.15, 0.2) is 48.5 Å². The molecule has 1 aliphatic rings. The van der Waals surface area contributed by atoms with Crippen molar-refractivity contribution in [2.75, 3.05) is 18.8 Å². The molecule has 0 unspecified atom stereocenters. The molecule has 0 aliphatic carbocycles. The van der Waals surface area contributed by atoms with Crippen molar-refractivity contribution < 1.29 is 0 Å². The molecule has 0 spiro atoms. The summed E-state index contributed by atoms with van der Waals surface area (Å²) in [6.45, 7) is 2.76. The van der Waals surface area contributed by atoms with E-state index in [9.17, 15) is 0 Å². The summed E-state index contributed by atoms with van der Waals surface area (Å²) in [6, 6.07) is 16.3. The smallest absolute Gasteiger partial charge is 0.0608 e. The second-order valence-electron chi connectivity index (χ2n) is 5.11. The molecule has 0 saturated carbocycles. The molecule has 0 aromatic heterocycles. The fourth-order valence-corrected chi connectivity index (χ4v) is 2.57. The van der Waals surface area contributed by atoms with Gasteiger partial charge in [-0.3, -0.25) is 4.90 Å². The first-order chi connectivity index (χ1) is 9.83. The number of nitrogens with zero attached hydrogens (tertiary/aromatic N) is 1. The molecule has 0 saturated heterocycles. The molecule has 0 fully saturated rings. The molecule has 2 aromatic carbocycles. The summed E-state index contributed by atoms with van der Waals surface area (Å²) in [5, 5.41) is 0. The lowest BCUT2D eigenvalue weighted by molar-refractivity contribution is 0.287. The average molecular weight is 262 g/mol. The quantitative estimate of drug-likeness (QED) is 0.632. The van der Waals surface area contributed by atoms with Gasteiger partial charge >= 0.3 is 0 Å². The van der Waals surface area contributed by atoms with Crippen LogP contribution >= 0.6 is 0 Å². The van der Waals surface area contributed by atoms with Crippen LogP contribution in [-0.2, 0) is 13.0 Å². The molecule has 2 heteroatoms. The van der Waals surface area contributed by atoms with Gasteiger partial charge in [0.2, 0.25) is 0 Å². The highest BCUT2D eigenvalue weighted by Crippen LogP contribution is 2.23. The maximum Gasteiger partial charge on any atom is 0.0608 e. The average Bonchev–Trinajstić information content (AvgIpc) is 2.49. The monoisotopic (exact) mass is 262 g/mol. The number of hydrogen-bond donors (Lipinski definition) is 1. The molecular formula is C18H18N2. The van der Waals surface area contributed by atoms with E-state index in [0.29, 0.717) is 0 Å². The minimum absolute atomic E-state index is 0.794. The lowest BCUT2D eigenvalue weighted by Gasteiger charge is -2.27. The van der Waals surface area contributed by atoms with Gasteiger partial charge in [0.25, 0.3) is 0 Å². The van der Waals surface area contributed by atoms with Crippen LogP contribution in [0.5, 0.6) is 0 Å². The molecule has 3 rings (SSSR count). The molecule has 20 heavy (non-hydrogen) atoms. The highest BCUT2D eigenvalue weighted by Gasteiger charge is 2.16. The predicted octanol–water partition coefficient (Wildman–Crippen LogP) is 2.68. The van der Waals surface area contributed by atoms with Gasteiger partial charge in [-0.25, -0.2) is 0 Å². The number of fused-ring (bicyclic) bond motifs is 1. The van der Waals surface area contributed by atoms with Gasteiger partial charge in [0.1, 0.15) is 0 Å². The maximum atomic E-state index is 6.06. The molecule has 1 heterocycles. The Labute approximate surface area is 120 Å². The Balaban J connectivity index is 1.67. The summed E-state index contributed by atoms with van der Waals surface area (Å²) >= 11 is 0. The van der Waals surface area contributed by atoms with Crippen LogP contribution in [0.25, 0.3) is 0 Å². The second kappa shape index (κ2) is 5.81. The summed E-state index contributed by atoms with van der Waals surface area (Å²) in [6.07, 6.45) is 1.06. The van der Waals surface area contributed by atoms with E-state index < -0.39 is 0 Å². The van der Waals surface area contributed by atoms with E-state index in [1.165, 1.54) is 11.1 Å². The van der Waals surface area contributed by atoms with Crippen LogP contribution in [0.3, 0.4) is 0 Å². The number of nitrogens with two attached hydrogens (primary N) is 1. The third kappa shape index (κ3) is 2.84. The van der Waals surface area contributed by atoms with Gasteiger partial charge in [-0.2, -0.15) is 0 Å². The molecule has 0 atom stereocenters. The SMILES string of the molecule is Nc1cccc2c1CN(CC#Cc1ccccc1)CC2. The van der Waals surface area contributed by atoms with Gasteiger partial charge in [-0.1, -0.05) is 42.2 Å². The highest BCUT2D eigenvalue weighted by molar-refractivity contribution is 5.51. The van der Waals surface area contributed by atoms with Gasteiger partial charge < -0.3 is 5.73 Å². The predicted molar refractivity (Wildman–Crippen MR) is 83.2 cm³/mol. The maximum absolute atomic E-state index is 6.06. The van der Waals surface area contributed by atoms with Crippen LogP contribution in [0, 0.1) is 11.8 Å². The third-order valence-electron chi connectivity index (χ3n) is 3.70. The van der Waals surface area contributed by atoms with Gasteiger partial charge in [0.05, 0.1) is 6.54 Å². The van der Waals surface area contributed by atoms with E-state index in [2.05, 4.69) is 22.8 Å². The lowest BCUT2D eigenvalue weighted by Crippen LogP contribution is -2.31. The van der Waals surface area contributed by atoms with Crippen LogP contribution in [0.1, 0.15) is 16.7 Å². The number of anilines is 1. The first-order valence-corrected chi connectivity index (χ1v) is 6.95. The van der Waals surface area contributed by atoms with Crippen molar-refractivity contribution in [2.45, 2.75) is 13.0 Å². The number of hydrogen-bond acceptors (Lipinski definition) is 2. The Morgan fingerprint density at radius 2 is 1.90 bits per heavy atom. The van der Waals surface area contributed by atoms with Crippen molar-refractivity contribution in [3.8, 4) is 11.8 Å². The Bertz CT molecular complexity index is 650. The summed E-state index contributed by atoms with van der Waals surface area (Å²) in [5.41, 5.74) is 10.7. The first kappa shape index (κ1) is 12.8. The van der Waals surface area contributed by atoms with Crippen LogP contribution < -0.4 is 5.73 Å². The van der Waals surface area contributed by atoms with Crippen LogP contribution in [0.4, 0.5) is 5.69 Å². The van der Waals surface area contributed by atoms with Gasteiger partial charge in [0, 0.05) is 24.3 Å². The summed E-state index contributed by atoms with van der Waals surface area (Å²) in [7, 11) is 0. The second-order valence-corrected chi connectivity index (χ2v) is 5.11. The number of nitrogen functional groups attached to an aromatic ring is 1. The third-order valence-corrected chi connectivity index (χ3v) is 3.70. The molecule has 1 aliphatic heterocycles. The molecule has 2 nitrogen and oxygen atoms in total. The molecule has 0 bridgehead atoms. The van der Waals surface area contributed by atoms with Crippen LogP contribution in [-0.4, -0.2) is 18.0 Å². The zero-order valence-electron chi connectivity index (χ0n) is 11.5. The fraction of sp³-hybridized carbons (Fsp3) is 0.222. The van der Waals surface area contributed by atoms with Gasteiger partial charge in [-0.15, -0.1) is 0 Å². The van der Waals surface area contributed by atoms with Crippen LogP contribution in [0.2, 0.25) is 0 Å². The normalized spacial score (nSPS) is 14.2. The zero-order valence-corrected chi connectivity index (χ0v) is 11.5. The Morgan fingerprint density at radius 3 is 2.75 bits per heavy atom. The minimum atomic E-state index is 0.794. The Kier molecular flexibility index (Phi) is 3.71. The van der Waals surface area contributed by atoms with E-state index in [1.807, 2.05) is 42.5 Å². The van der Waals surface area contributed by atoms with E-state index in [1.54, 1.807) is 0 Å². The van der Waals surface area contributed by atoms with E-state index in [4.69, 9.17) is 5.73 Å². The van der Waals surface area contributed by atoms with Crippen molar-refractivity contribution in [2.24, 2.45) is 0 Å². The van der Waals surface area contributed by atoms with Crippen molar-refractivity contribution >= 4 is 5.69 Å². The topological polar surface area (TPSA) is 29.3 Å². The summed E-state index contributed by atoms with van der Waals surface area (Å²) in [4.78, 5) is 2.36. The highest BCUT2D eigenvalue weighted by atomic mass is 15.1. The Morgan fingerprint density at radius 1 is 1.05 bits per heavy atom. The fourth-order valence-electron chi connectivity index (χ4n) is 2.57. The van der Waals surface area contributed by atoms with E-state index in [-0.39, 0.29) is 0 Å². The minimum Gasteiger partial charge on any atom is -0.398 e. The molecule has 0 radical (unpaired) electrons. The van der Waals surface area contributed by atoms with Gasteiger partial charge in [-0.05, 0) is 35.7 Å². The number of benzene rings is 2. The van der Waals surface area contributed by atoms with Gasteiger partial charge in [0.15, 0.2) is 0 Å². The number of rotatable bonds is 1. The molecule has 2 N–H and O–H groups in total. The molecule has 2 aromatic rings. The molecule has 0 amide bonds. The van der Waals surface area contributed by atoms with Crippen molar-refractivity contribution in [1.29, 1.82) is 0 Å². The lowest BCUT2D eigenvalue weighted by atomic mass is 9.98. The van der Waals surface area contributed by atoms with E-state index in [0.717, 1.165) is 37.3 Å². The first-order valence-electron chi connectivity index (χ1n) is 6.95. The largest absolute Gasteiger partial charge is 0.398 e. The molecular weight excluding hydrogens is 244 g/mol. The standard InChI is InChI=1S/C18H18N2/c19-18-10-4-9-16-11-13-20(14-17(16)18)12-5-8-15-6-2-1-3-7-15/h1-4,6-7,9-10H,11-14,19H2. The van der Waals surface area contributed by atoms with E-state index >= 15 is 0 Å². The Hall–Kier alpha value is -2.24. The zero-order chi connectivity index (χ0) is 13.8. The van der Waals surface area contributed by atoms with Crippen molar-refractivity contribution in [1.82, 2.24) is 4.90 Å². The molecule has 100 valence electrons. The van der Waals surface area contributed by atoms with Crippen molar-refractivity contribution in [3.63, 3.8) is 0 Å². The summed E-state index contributed by atoms with van der Waals surface area (Å²) in [5.74, 6) is 6.46. The van der Waals surface area contributed by atoms with Crippen molar-refractivity contribution in [3.05, 3.63) is 65.2 Å².